The minimum absolute atomic E-state index is 0.165. The molecule has 1 aromatic heterocycles. The van der Waals surface area contributed by atoms with Crippen molar-refractivity contribution in [1.29, 1.82) is 0 Å². The zero-order valence-corrected chi connectivity index (χ0v) is 15.6. The number of carbonyl (C=O) groups is 1. The summed E-state index contributed by atoms with van der Waals surface area (Å²) in [7, 11) is 0. The maximum absolute atomic E-state index is 13.4. The molecule has 4 atom stereocenters. The third kappa shape index (κ3) is 2.59. The Morgan fingerprint density at radius 2 is 2.08 bits per heavy atom. The van der Waals surface area contributed by atoms with Crippen LogP contribution in [-0.4, -0.2) is 34.4 Å². The molecule has 1 N–H and O–H groups in total. The maximum Gasteiger partial charge on any atom is 0.226 e. The molecule has 4 nitrogen and oxygen atoms in total. The van der Waals surface area contributed by atoms with Gasteiger partial charge in [0.2, 0.25) is 5.91 Å². The summed E-state index contributed by atoms with van der Waals surface area (Å²) < 4.78 is 1.23. The largest absolute Gasteiger partial charge is 0.329 e. The van der Waals surface area contributed by atoms with E-state index in [0.717, 1.165) is 24.9 Å². The number of hydrogen-bond donors (Lipinski definition) is 1. The average Bonchev–Trinajstić information content (AvgIpc) is 3.53. The second-order valence-corrected chi connectivity index (χ2v) is 9.40. The molecule has 2 aromatic rings. The summed E-state index contributed by atoms with van der Waals surface area (Å²) in [5.74, 6) is 2.01. The van der Waals surface area contributed by atoms with Crippen molar-refractivity contribution in [2.24, 2.45) is 17.8 Å². The van der Waals surface area contributed by atoms with E-state index in [-0.39, 0.29) is 12.0 Å². The highest BCUT2D eigenvalue weighted by molar-refractivity contribution is 7.16. The number of nitrogens with one attached hydrogen (secondary N) is 1. The smallest absolute Gasteiger partial charge is 0.226 e. The summed E-state index contributed by atoms with van der Waals surface area (Å²) in [6.45, 7) is 0.970. The standard InChI is InChI=1S/C21H24N3OS/c25-21(14-5-6-14)24-17(12-1-2-12)10-22-19(13-3-4-13)20(24)15-7-8-16-18(9-15)26-11-23-16/h3,7-9,11-14,17,19-20,22H,1-2,4-6,10H2. The van der Waals surface area contributed by atoms with E-state index in [4.69, 9.17) is 0 Å². The first-order valence-corrected chi connectivity index (χ1v) is 10.9. The lowest BCUT2D eigenvalue weighted by Crippen LogP contribution is -2.61. The number of rotatable bonds is 4. The molecule has 0 bridgehead atoms. The van der Waals surface area contributed by atoms with Crippen molar-refractivity contribution in [3.8, 4) is 0 Å². The number of thiazole rings is 1. The molecule has 4 unspecified atom stereocenters. The van der Waals surface area contributed by atoms with Crippen molar-refractivity contribution in [2.75, 3.05) is 6.54 Å². The molecule has 4 aliphatic rings. The highest BCUT2D eigenvalue weighted by Gasteiger charge is 2.52. The Kier molecular flexibility index (Phi) is 3.46. The summed E-state index contributed by atoms with van der Waals surface area (Å²) in [6, 6.07) is 7.54. The molecule has 5 heteroatoms. The average molecular weight is 367 g/mol. The van der Waals surface area contributed by atoms with Gasteiger partial charge >= 0.3 is 0 Å². The van der Waals surface area contributed by atoms with E-state index < -0.39 is 0 Å². The van der Waals surface area contributed by atoms with Crippen LogP contribution in [0.3, 0.4) is 0 Å². The van der Waals surface area contributed by atoms with E-state index in [1.165, 1.54) is 29.5 Å². The quantitative estimate of drug-likeness (QED) is 0.900. The third-order valence-corrected chi connectivity index (χ3v) is 7.36. The van der Waals surface area contributed by atoms with E-state index in [9.17, 15) is 4.79 Å². The van der Waals surface area contributed by atoms with Crippen LogP contribution in [-0.2, 0) is 4.79 Å². The molecule has 135 valence electrons. The molecule has 1 aromatic carbocycles. The fraction of sp³-hybridized carbons (Fsp3) is 0.571. The fourth-order valence-corrected chi connectivity index (χ4v) is 5.47. The second kappa shape index (κ2) is 5.77. The van der Waals surface area contributed by atoms with Crippen molar-refractivity contribution < 1.29 is 4.79 Å². The summed E-state index contributed by atoms with van der Waals surface area (Å²) >= 11 is 1.70. The van der Waals surface area contributed by atoms with Crippen LogP contribution in [0.15, 0.2) is 23.7 Å². The first-order valence-electron chi connectivity index (χ1n) is 10.0. The predicted molar refractivity (Wildman–Crippen MR) is 103 cm³/mol. The van der Waals surface area contributed by atoms with E-state index in [1.54, 1.807) is 11.3 Å². The van der Waals surface area contributed by atoms with Crippen molar-refractivity contribution in [2.45, 2.75) is 50.2 Å². The van der Waals surface area contributed by atoms with Gasteiger partial charge in [0.1, 0.15) is 0 Å². The normalized spacial score (nSPS) is 32.2. The van der Waals surface area contributed by atoms with E-state index in [0.29, 0.717) is 29.8 Å². The van der Waals surface area contributed by atoms with Gasteiger partial charge in [0, 0.05) is 24.5 Å². The zero-order chi connectivity index (χ0) is 17.3. The Hall–Kier alpha value is -1.46. The highest BCUT2D eigenvalue weighted by Crippen LogP contribution is 2.48. The molecule has 6 rings (SSSR count). The number of hydrogen-bond acceptors (Lipinski definition) is 4. The SMILES string of the molecule is O=C(C1CC1)N1C(C2CC2)CNC(C2[CH]C2)C1c1ccc2ncsc2c1. The molecule has 0 spiro atoms. The molecular formula is C21H24N3OS. The van der Waals surface area contributed by atoms with Gasteiger partial charge in [0.25, 0.3) is 0 Å². The number of piperazine rings is 1. The monoisotopic (exact) mass is 366 g/mol. The van der Waals surface area contributed by atoms with Crippen LogP contribution < -0.4 is 5.32 Å². The Morgan fingerprint density at radius 1 is 1.23 bits per heavy atom. The number of aromatic nitrogens is 1. The van der Waals surface area contributed by atoms with Gasteiger partial charge in [-0.05, 0) is 68.1 Å². The van der Waals surface area contributed by atoms with Crippen LogP contribution in [0.2, 0.25) is 0 Å². The van der Waals surface area contributed by atoms with Crippen molar-refractivity contribution >= 4 is 27.5 Å². The lowest BCUT2D eigenvalue weighted by atomic mass is 9.88. The van der Waals surface area contributed by atoms with Crippen LogP contribution in [0.1, 0.15) is 43.7 Å². The van der Waals surface area contributed by atoms with Crippen LogP contribution in [0.25, 0.3) is 10.2 Å². The zero-order valence-electron chi connectivity index (χ0n) is 14.8. The van der Waals surface area contributed by atoms with Crippen LogP contribution >= 0.6 is 11.3 Å². The number of nitrogens with zero attached hydrogens (tertiary/aromatic N) is 2. The van der Waals surface area contributed by atoms with Crippen molar-refractivity contribution in [3.05, 3.63) is 35.7 Å². The lowest BCUT2D eigenvalue weighted by molar-refractivity contribution is -0.141. The van der Waals surface area contributed by atoms with Gasteiger partial charge in [-0.3, -0.25) is 4.79 Å². The van der Waals surface area contributed by atoms with Gasteiger partial charge in [-0.2, -0.15) is 0 Å². The molecule has 3 saturated carbocycles. The Labute approximate surface area is 158 Å². The first-order chi connectivity index (χ1) is 12.8. The van der Waals surface area contributed by atoms with Gasteiger partial charge in [0.05, 0.1) is 21.8 Å². The fourth-order valence-electron chi connectivity index (χ4n) is 4.74. The number of carbonyl (C=O) groups excluding carboxylic acids is 1. The maximum atomic E-state index is 13.4. The molecule has 1 aliphatic heterocycles. The second-order valence-electron chi connectivity index (χ2n) is 8.52. The first kappa shape index (κ1) is 15.6. The summed E-state index contributed by atoms with van der Waals surface area (Å²) in [4.78, 5) is 20.1. The van der Waals surface area contributed by atoms with Gasteiger partial charge in [-0.1, -0.05) is 6.07 Å². The number of amides is 1. The van der Waals surface area contributed by atoms with Crippen LogP contribution in [0.5, 0.6) is 0 Å². The molecule has 3 aliphatic carbocycles. The molecule has 2 heterocycles. The number of fused-ring (bicyclic) bond motifs is 1. The molecule has 26 heavy (non-hydrogen) atoms. The van der Waals surface area contributed by atoms with Gasteiger partial charge in [-0.25, -0.2) is 4.98 Å². The van der Waals surface area contributed by atoms with Gasteiger partial charge in [0.15, 0.2) is 0 Å². The van der Waals surface area contributed by atoms with Crippen molar-refractivity contribution in [3.63, 3.8) is 0 Å². The van der Waals surface area contributed by atoms with Crippen molar-refractivity contribution in [1.82, 2.24) is 15.2 Å². The number of benzene rings is 1. The van der Waals surface area contributed by atoms with E-state index >= 15 is 0 Å². The molecule has 4 fully saturated rings. The molecule has 1 amide bonds. The Morgan fingerprint density at radius 3 is 2.81 bits per heavy atom. The van der Waals surface area contributed by atoms with Gasteiger partial charge in [-0.15, -0.1) is 11.3 Å². The van der Waals surface area contributed by atoms with E-state index in [1.807, 2.05) is 5.51 Å². The summed E-state index contributed by atoms with van der Waals surface area (Å²) in [6.07, 6.45) is 8.30. The molecule has 1 saturated heterocycles. The topological polar surface area (TPSA) is 45.2 Å². The predicted octanol–water partition coefficient (Wildman–Crippen LogP) is 3.55. The Balaban J connectivity index is 1.44. The third-order valence-electron chi connectivity index (χ3n) is 6.57. The van der Waals surface area contributed by atoms with Gasteiger partial charge < -0.3 is 10.2 Å². The summed E-state index contributed by atoms with van der Waals surface area (Å²) in [5.41, 5.74) is 4.27. The minimum atomic E-state index is 0.165. The Bertz CT molecular complexity index is 852. The lowest BCUT2D eigenvalue weighted by Gasteiger charge is -2.48. The highest BCUT2D eigenvalue weighted by atomic mass is 32.1. The van der Waals surface area contributed by atoms with Crippen LogP contribution in [0, 0.1) is 24.2 Å². The molecular weight excluding hydrogens is 342 g/mol. The minimum Gasteiger partial charge on any atom is -0.329 e. The summed E-state index contributed by atoms with van der Waals surface area (Å²) in [5, 5.41) is 3.85. The molecule has 1 radical (unpaired) electrons. The van der Waals surface area contributed by atoms with Crippen LogP contribution in [0.4, 0.5) is 0 Å². The van der Waals surface area contributed by atoms with E-state index in [2.05, 4.69) is 39.8 Å².